The van der Waals surface area contributed by atoms with Crippen molar-refractivity contribution in [3.8, 4) is 5.75 Å². The monoisotopic (exact) mass is 218 g/mol. The average Bonchev–Trinajstić information content (AvgIpc) is 2.35. The van der Waals surface area contributed by atoms with Crippen LogP contribution in [0, 0.1) is 0 Å². The third-order valence-corrected chi connectivity index (χ3v) is 3.30. The molecule has 4 nitrogen and oxygen atoms in total. The molecule has 0 aromatic heterocycles. The number of carbonyl (C=O) groups excluding carboxylic acids is 1. The molecular formula is C12H14N2O2. The van der Waals surface area contributed by atoms with Gasteiger partial charge in [-0.3, -0.25) is 4.79 Å². The van der Waals surface area contributed by atoms with Gasteiger partial charge in [-0.25, -0.2) is 0 Å². The molecule has 2 aliphatic heterocycles. The maximum Gasteiger partial charge on any atom is 0.241 e. The second-order valence-corrected chi connectivity index (χ2v) is 4.29. The molecule has 2 unspecified atom stereocenters. The van der Waals surface area contributed by atoms with Gasteiger partial charge in [0, 0.05) is 18.5 Å². The number of para-hydroxylation sites is 1. The highest BCUT2D eigenvalue weighted by Crippen LogP contribution is 2.37. The highest BCUT2D eigenvalue weighted by molar-refractivity contribution is 5.88. The number of hydrogen-bond donors (Lipinski definition) is 1. The van der Waals surface area contributed by atoms with Crippen molar-refractivity contribution in [3.63, 3.8) is 0 Å². The summed E-state index contributed by atoms with van der Waals surface area (Å²) in [7, 11) is 0. The summed E-state index contributed by atoms with van der Waals surface area (Å²) in [4.78, 5) is 13.5. The molecule has 1 saturated heterocycles. The highest BCUT2D eigenvalue weighted by atomic mass is 16.5. The van der Waals surface area contributed by atoms with Gasteiger partial charge in [0.2, 0.25) is 5.91 Å². The number of fused-ring (bicyclic) bond motifs is 1. The summed E-state index contributed by atoms with van der Waals surface area (Å²) in [6.45, 7) is 1.33. The minimum atomic E-state index is -0.296. The van der Waals surface area contributed by atoms with E-state index >= 15 is 0 Å². The van der Waals surface area contributed by atoms with E-state index in [0.717, 1.165) is 17.7 Å². The van der Waals surface area contributed by atoms with Crippen LogP contribution in [0.5, 0.6) is 5.75 Å². The maximum absolute atomic E-state index is 11.6. The Labute approximate surface area is 94.0 Å². The van der Waals surface area contributed by atoms with Gasteiger partial charge in [0.25, 0.3) is 0 Å². The lowest BCUT2D eigenvalue weighted by Crippen LogP contribution is -2.62. The Hall–Kier alpha value is -1.55. The van der Waals surface area contributed by atoms with Crippen LogP contribution in [0.3, 0.4) is 0 Å². The first-order valence-electron chi connectivity index (χ1n) is 5.55. The molecule has 16 heavy (non-hydrogen) atoms. The van der Waals surface area contributed by atoms with Crippen molar-refractivity contribution in [2.24, 2.45) is 5.73 Å². The van der Waals surface area contributed by atoms with Crippen LogP contribution in [0.25, 0.3) is 0 Å². The second-order valence-electron chi connectivity index (χ2n) is 4.29. The topological polar surface area (TPSA) is 55.6 Å². The Balaban J connectivity index is 1.91. The van der Waals surface area contributed by atoms with E-state index in [2.05, 4.69) is 0 Å². The molecular weight excluding hydrogens is 204 g/mol. The van der Waals surface area contributed by atoms with Gasteiger partial charge in [-0.2, -0.15) is 0 Å². The number of ether oxygens (including phenoxy) is 1. The molecule has 2 atom stereocenters. The molecule has 0 aliphatic carbocycles. The van der Waals surface area contributed by atoms with E-state index in [0.29, 0.717) is 13.2 Å². The van der Waals surface area contributed by atoms with Gasteiger partial charge in [0.15, 0.2) is 0 Å². The summed E-state index contributed by atoms with van der Waals surface area (Å²) >= 11 is 0. The summed E-state index contributed by atoms with van der Waals surface area (Å²) in [5.41, 5.74) is 6.72. The molecule has 3 rings (SSSR count). The average molecular weight is 218 g/mol. The Bertz CT molecular complexity index is 433. The van der Waals surface area contributed by atoms with Crippen molar-refractivity contribution in [1.82, 2.24) is 4.90 Å². The first-order chi connectivity index (χ1) is 7.77. The zero-order chi connectivity index (χ0) is 11.1. The lowest BCUT2D eigenvalue weighted by Gasteiger charge is -2.44. The summed E-state index contributed by atoms with van der Waals surface area (Å²) < 4.78 is 5.57. The van der Waals surface area contributed by atoms with Crippen LogP contribution in [-0.2, 0) is 4.79 Å². The van der Waals surface area contributed by atoms with E-state index in [-0.39, 0.29) is 18.0 Å². The van der Waals surface area contributed by atoms with E-state index in [1.54, 1.807) is 0 Å². The number of likely N-dealkylation sites (tertiary alicyclic amines) is 1. The number of nitrogens with two attached hydrogens (primary N) is 1. The minimum Gasteiger partial charge on any atom is -0.493 e. The Morgan fingerprint density at radius 1 is 1.38 bits per heavy atom. The number of amides is 1. The fourth-order valence-electron chi connectivity index (χ4n) is 2.41. The van der Waals surface area contributed by atoms with E-state index in [4.69, 9.17) is 10.5 Å². The van der Waals surface area contributed by atoms with Crippen LogP contribution in [0.2, 0.25) is 0 Å². The molecule has 1 fully saturated rings. The lowest BCUT2D eigenvalue weighted by atomic mass is 9.94. The molecule has 4 heteroatoms. The van der Waals surface area contributed by atoms with Gasteiger partial charge in [0.1, 0.15) is 11.8 Å². The molecule has 0 spiro atoms. The Kier molecular flexibility index (Phi) is 2.11. The van der Waals surface area contributed by atoms with Crippen molar-refractivity contribution in [2.45, 2.75) is 18.5 Å². The lowest BCUT2D eigenvalue weighted by molar-refractivity contribution is -0.146. The van der Waals surface area contributed by atoms with Gasteiger partial charge >= 0.3 is 0 Å². The molecule has 1 amide bonds. The van der Waals surface area contributed by atoms with Gasteiger partial charge in [-0.15, -0.1) is 0 Å². The van der Waals surface area contributed by atoms with E-state index in [1.807, 2.05) is 29.2 Å². The van der Waals surface area contributed by atoms with Crippen LogP contribution in [0.1, 0.15) is 18.0 Å². The van der Waals surface area contributed by atoms with Crippen molar-refractivity contribution in [3.05, 3.63) is 29.8 Å². The van der Waals surface area contributed by atoms with Crippen LogP contribution in [-0.4, -0.2) is 30.0 Å². The van der Waals surface area contributed by atoms with Crippen molar-refractivity contribution in [2.75, 3.05) is 13.2 Å². The number of β-lactam (4-membered cyclic amide) rings is 1. The normalized spacial score (nSPS) is 28.1. The largest absolute Gasteiger partial charge is 0.493 e. The molecule has 2 N–H and O–H groups in total. The zero-order valence-corrected chi connectivity index (χ0v) is 8.93. The molecule has 1 aromatic carbocycles. The van der Waals surface area contributed by atoms with Crippen molar-refractivity contribution in [1.29, 1.82) is 0 Å². The quantitative estimate of drug-likeness (QED) is 0.705. The van der Waals surface area contributed by atoms with Crippen LogP contribution in [0.4, 0.5) is 0 Å². The van der Waals surface area contributed by atoms with E-state index < -0.39 is 0 Å². The molecule has 0 radical (unpaired) electrons. The minimum absolute atomic E-state index is 0.0571. The maximum atomic E-state index is 11.6. The number of nitrogens with zero attached hydrogens (tertiary/aromatic N) is 1. The number of hydrogen-bond acceptors (Lipinski definition) is 3. The van der Waals surface area contributed by atoms with Crippen molar-refractivity contribution < 1.29 is 9.53 Å². The summed E-state index contributed by atoms with van der Waals surface area (Å²) in [6, 6.07) is 7.75. The first-order valence-corrected chi connectivity index (χ1v) is 5.55. The van der Waals surface area contributed by atoms with Crippen molar-refractivity contribution >= 4 is 5.91 Å². The Morgan fingerprint density at radius 2 is 2.19 bits per heavy atom. The fourth-order valence-corrected chi connectivity index (χ4v) is 2.41. The predicted molar refractivity (Wildman–Crippen MR) is 59.0 cm³/mol. The summed E-state index contributed by atoms with van der Waals surface area (Å²) in [5, 5.41) is 0. The third-order valence-electron chi connectivity index (χ3n) is 3.30. The standard InChI is InChI=1S/C12H14N2O2/c13-9-7-14(12(9)15)10-5-6-16-11-4-2-1-3-8(10)11/h1-4,9-10H,5-7,13H2. The predicted octanol–water partition coefficient (Wildman–Crippen LogP) is 0.680. The first kappa shape index (κ1) is 9.66. The number of rotatable bonds is 1. The molecule has 2 heterocycles. The van der Waals surface area contributed by atoms with Gasteiger partial charge in [0.05, 0.1) is 12.6 Å². The van der Waals surface area contributed by atoms with Gasteiger partial charge in [-0.1, -0.05) is 18.2 Å². The van der Waals surface area contributed by atoms with E-state index in [1.165, 1.54) is 0 Å². The zero-order valence-electron chi connectivity index (χ0n) is 8.93. The van der Waals surface area contributed by atoms with Gasteiger partial charge < -0.3 is 15.4 Å². The molecule has 84 valence electrons. The van der Waals surface area contributed by atoms with Crippen LogP contribution < -0.4 is 10.5 Å². The smallest absolute Gasteiger partial charge is 0.241 e. The van der Waals surface area contributed by atoms with Crippen LogP contribution in [0.15, 0.2) is 24.3 Å². The SMILES string of the molecule is NC1CN(C2CCOc3ccccc32)C1=O. The fraction of sp³-hybridized carbons (Fsp3) is 0.417. The molecule has 1 aromatic rings. The molecule has 0 bridgehead atoms. The molecule has 2 aliphatic rings. The Morgan fingerprint density at radius 3 is 2.94 bits per heavy atom. The number of benzene rings is 1. The second kappa shape index (κ2) is 3.49. The van der Waals surface area contributed by atoms with Crippen LogP contribution >= 0.6 is 0 Å². The third kappa shape index (κ3) is 1.30. The van der Waals surface area contributed by atoms with Gasteiger partial charge in [-0.05, 0) is 6.07 Å². The summed E-state index contributed by atoms with van der Waals surface area (Å²) in [6.07, 6.45) is 0.857. The highest BCUT2D eigenvalue weighted by Gasteiger charge is 2.40. The number of carbonyl (C=O) groups is 1. The van der Waals surface area contributed by atoms with E-state index in [9.17, 15) is 4.79 Å². The summed E-state index contributed by atoms with van der Waals surface area (Å²) in [5.74, 6) is 0.953. The molecule has 0 saturated carbocycles.